The molecule has 0 bridgehead atoms. The van der Waals surface area contributed by atoms with Crippen LogP contribution in [0.2, 0.25) is 0 Å². The van der Waals surface area contributed by atoms with Gasteiger partial charge in [-0.3, -0.25) is 4.79 Å². The highest BCUT2D eigenvalue weighted by molar-refractivity contribution is 6.65. The molecule has 2 rings (SSSR count). The number of rotatable bonds is 3. The molecule has 1 unspecified atom stereocenters. The average Bonchev–Trinajstić information content (AvgIpc) is 2.61. The fourth-order valence-corrected chi connectivity index (χ4v) is 2.77. The van der Waals surface area contributed by atoms with Crippen LogP contribution in [0.1, 0.15) is 19.4 Å². The van der Waals surface area contributed by atoms with Crippen molar-refractivity contribution in [3.8, 4) is 0 Å². The Kier molecular flexibility index (Phi) is 3.20. The predicted octanol–water partition coefficient (Wildman–Crippen LogP) is 2.84. The molecule has 16 heavy (non-hydrogen) atoms. The zero-order chi connectivity index (χ0) is 11.7. The zero-order valence-corrected chi connectivity index (χ0v) is 10.4. The number of halogens is 1. The SMILES string of the molecule is CC(C)C(C(=O)Cl)N1CCc2ccccc21. The normalized spacial score (nSPS) is 16.4. The van der Waals surface area contributed by atoms with Crippen molar-refractivity contribution >= 4 is 22.5 Å². The second-order valence-electron chi connectivity index (χ2n) is 4.57. The largest absolute Gasteiger partial charge is 0.359 e. The third kappa shape index (κ3) is 1.94. The standard InChI is InChI=1S/C13H16ClNO/c1-9(2)12(13(14)16)15-8-7-10-5-3-4-6-11(10)15/h3-6,9,12H,7-8H2,1-2H3. The van der Waals surface area contributed by atoms with Gasteiger partial charge in [0.1, 0.15) is 6.04 Å². The Balaban J connectivity index is 2.33. The van der Waals surface area contributed by atoms with Gasteiger partial charge in [0.15, 0.2) is 0 Å². The van der Waals surface area contributed by atoms with Crippen LogP contribution in [0, 0.1) is 5.92 Å². The highest BCUT2D eigenvalue weighted by atomic mass is 35.5. The van der Waals surface area contributed by atoms with Crippen LogP contribution < -0.4 is 4.90 Å². The number of fused-ring (bicyclic) bond motifs is 1. The molecule has 1 heterocycles. The van der Waals surface area contributed by atoms with Crippen LogP contribution in [0.4, 0.5) is 5.69 Å². The van der Waals surface area contributed by atoms with E-state index in [9.17, 15) is 4.79 Å². The van der Waals surface area contributed by atoms with Crippen molar-refractivity contribution in [2.75, 3.05) is 11.4 Å². The van der Waals surface area contributed by atoms with E-state index in [-0.39, 0.29) is 17.2 Å². The first kappa shape index (κ1) is 11.5. The maximum Gasteiger partial charge on any atom is 0.244 e. The molecule has 1 aromatic rings. The van der Waals surface area contributed by atoms with Gasteiger partial charge in [-0.1, -0.05) is 32.0 Å². The fraction of sp³-hybridized carbons (Fsp3) is 0.462. The van der Waals surface area contributed by atoms with E-state index >= 15 is 0 Å². The molecule has 0 amide bonds. The summed E-state index contributed by atoms with van der Waals surface area (Å²) >= 11 is 5.70. The predicted molar refractivity (Wildman–Crippen MR) is 67.0 cm³/mol. The van der Waals surface area contributed by atoms with Gasteiger partial charge in [-0.05, 0) is 35.6 Å². The number of hydrogen-bond donors (Lipinski definition) is 0. The van der Waals surface area contributed by atoms with Gasteiger partial charge >= 0.3 is 0 Å². The number of carbonyl (C=O) groups is 1. The van der Waals surface area contributed by atoms with Crippen LogP contribution in [0.5, 0.6) is 0 Å². The lowest BCUT2D eigenvalue weighted by Gasteiger charge is -2.30. The second kappa shape index (κ2) is 4.46. The quantitative estimate of drug-likeness (QED) is 0.754. The smallest absolute Gasteiger partial charge is 0.244 e. The summed E-state index contributed by atoms with van der Waals surface area (Å²) in [7, 11) is 0. The lowest BCUT2D eigenvalue weighted by atomic mass is 10.0. The van der Waals surface area contributed by atoms with Gasteiger partial charge in [-0.25, -0.2) is 0 Å². The number of hydrogen-bond acceptors (Lipinski definition) is 2. The van der Waals surface area contributed by atoms with Crippen LogP contribution in [-0.2, 0) is 11.2 Å². The van der Waals surface area contributed by atoms with Crippen LogP contribution >= 0.6 is 11.6 Å². The summed E-state index contributed by atoms with van der Waals surface area (Å²) in [6, 6.07) is 8.02. The van der Waals surface area contributed by atoms with E-state index in [1.165, 1.54) is 5.56 Å². The fourth-order valence-electron chi connectivity index (χ4n) is 2.40. The van der Waals surface area contributed by atoms with E-state index in [1.807, 2.05) is 26.0 Å². The first-order chi connectivity index (χ1) is 7.61. The van der Waals surface area contributed by atoms with Gasteiger partial charge in [0.05, 0.1) is 0 Å². The van der Waals surface area contributed by atoms with Crippen molar-refractivity contribution in [3.05, 3.63) is 29.8 Å². The Hall–Kier alpha value is -1.02. The molecule has 0 saturated heterocycles. The number of anilines is 1. The maximum absolute atomic E-state index is 11.5. The van der Waals surface area contributed by atoms with Crippen molar-refractivity contribution in [1.82, 2.24) is 0 Å². The van der Waals surface area contributed by atoms with E-state index in [0.717, 1.165) is 18.7 Å². The van der Waals surface area contributed by atoms with Gasteiger partial charge in [-0.2, -0.15) is 0 Å². The lowest BCUT2D eigenvalue weighted by molar-refractivity contribution is -0.113. The minimum atomic E-state index is -0.258. The number of nitrogens with zero attached hydrogens (tertiary/aromatic N) is 1. The molecular formula is C13H16ClNO. The molecule has 1 aliphatic heterocycles. The Bertz CT molecular complexity index is 403. The molecule has 0 aromatic heterocycles. The summed E-state index contributed by atoms with van der Waals surface area (Å²) in [6.07, 6.45) is 1.00. The van der Waals surface area contributed by atoms with Crippen molar-refractivity contribution in [2.24, 2.45) is 5.92 Å². The van der Waals surface area contributed by atoms with E-state index < -0.39 is 0 Å². The molecule has 3 heteroatoms. The third-order valence-corrected chi connectivity index (χ3v) is 3.35. The molecule has 0 N–H and O–H groups in total. The summed E-state index contributed by atoms with van der Waals surface area (Å²) < 4.78 is 0. The Morgan fingerprint density at radius 3 is 2.69 bits per heavy atom. The molecule has 0 fully saturated rings. The first-order valence-electron chi connectivity index (χ1n) is 5.65. The summed E-state index contributed by atoms with van der Waals surface area (Å²) in [6.45, 7) is 4.96. The molecule has 1 aromatic carbocycles. The summed E-state index contributed by atoms with van der Waals surface area (Å²) in [5, 5.41) is -0.258. The Labute approximate surface area is 101 Å². The van der Waals surface area contributed by atoms with Crippen LogP contribution in [0.15, 0.2) is 24.3 Å². The van der Waals surface area contributed by atoms with Crippen molar-refractivity contribution in [1.29, 1.82) is 0 Å². The molecule has 0 radical (unpaired) electrons. The number of carbonyl (C=O) groups excluding carboxylic acids is 1. The van der Waals surface area contributed by atoms with Gasteiger partial charge in [0.2, 0.25) is 5.24 Å². The highest BCUT2D eigenvalue weighted by Gasteiger charge is 2.31. The molecule has 86 valence electrons. The minimum Gasteiger partial charge on any atom is -0.359 e. The molecule has 1 atom stereocenters. The number of benzene rings is 1. The van der Waals surface area contributed by atoms with Crippen molar-refractivity contribution in [2.45, 2.75) is 26.3 Å². The monoisotopic (exact) mass is 237 g/mol. The van der Waals surface area contributed by atoms with E-state index in [0.29, 0.717) is 0 Å². The lowest BCUT2D eigenvalue weighted by Crippen LogP contribution is -2.42. The summed E-state index contributed by atoms with van der Waals surface area (Å²) in [5.74, 6) is 0.233. The van der Waals surface area contributed by atoms with Gasteiger partial charge < -0.3 is 4.90 Å². The Morgan fingerprint density at radius 2 is 2.06 bits per heavy atom. The van der Waals surface area contributed by atoms with Gasteiger partial charge in [0, 0.05) is 12.2 Å². The van der Waals surface area contributed by atoms with E-state index in [4.69, 9.17) is 11.6 Å². The highest BCUT2D eigenvalue weighted by Crippen LogP contribution is 2.31. The maximum atomic E-state index is 11.5. The molecule has 2 nitrogen and oxygen atoms in total. The van der Waals surface area contributed by atoms with Crippen molar-refractivity contribution in [3.63, 3.8) is 0 Å². The number of para-hydroxylation sites is 1. The third-order valence-electron chi connectivity index (χ3n) is 3.12. The van der Waals surface area contributed by atoms with E-state index in [1.54, 1.807) is 0 Å². The average molecular weight is 238 g/mol. The molecular weight excluding hydrogens is 222 g/mol. The van der Waals surface area contributed by atoms with Crippen LogP contribution in [0.25, 0.3) is 0 Å². The molecule has 0 saturated carbocycles. The molecule has 0 aliphatic carbocycles. The summed E-state index contributed by atoms with van der Waals surface area (Å²) in [4.78, 5) is 13.6. The topological polar surface area (TPSA) is 20.3 Å². The molecule has 1 aliphatic rings. The van der Waals surface area contributed by atoms with E-state index in [2.05, 4.69) is 17.0 Å². The molecule has 0 spiro atoms. The minimum absolute atomic E-state index is 0.203. The van der Waals surface area contributed by atoms with Gasteiger partial charge in [0.25, 0.3) is 0 Å². The van der Waals surface area contributed by atoms with Gasteiger partial charge in [-0.15, -0.1) is 0 Å². The summed E-state index contributed by atoms with van der Waals surface area (Å²) in [5.41, 5.74) is 2.47. The zero-order valence-electron chi connectivity index (χ0n) is 9.61. The second-order valence-corrected chi connectivity index (χ2v) is 4.94. The first-order valence-corrected chi connectivity index (χ1v) is 6.03. The van der Waals surface area contributed by atoms with Crippen LogP contribution in [0.3, 0.4) is 0 Å². The van der Waals surface area contributed by atoms with Crippen LogP contribution in [-0.4, -0.2) is 17.8 Å². The van der Waals surface area contributed by atoms with Crippen molar-refractivity contribution < 1.29 is 4.79 Å². The Morgan fingerprint density at radius 1 is 1.38 bits per heavy atom.